The Labute approximate surface area is 311 Å². The summed E-state index contributed by atoms with van der Waals surface area (Å²) in [5.74, 6) is 0. The van der Waals surface area contributed by atoms with Crippen molar-refractivity contribution < 1.29 is 0 Å². The van der Waals surface area contributed by atoms with Gasteiger partial charge in [0.15, 0.2) is 0 Å². The molecule has 0 aromatic heterocycles. The van der Waals surface area contributed by atoms with Gasteiger partial charge >= 0.3 is 0 Å². The third-order valence-corrected chi connectivity index (χ3v) is 14.2. The van der Waals surface area contributed by atoms with Crippen LogP contribution >= 0.6 is 0 Å². The molecule has 0 heterocycles. The van der Waals surface area contributed by atoms with E-state index in [0.717, 1.165) is 38.5 Å². The molecule has 260 valence electrons. The predicted octanol–water partition coefficient (Wildman–Crippen LogP) is 14.4. The normalized spacial score (nSPS) is 16.0. The number of nitrogens with zero attached hydrogens (tertiary/aromatic N) is 1. The zero-order valence-corrected chi connectivity index (χ0v) is 31.8. The maximum Gasteiger partial charge on any atom is 0.0465 e. The lowest BCUT2D eigenvalue weighted by Crippen LogP contribution is -2.24. The molecule has 9 rings (SSSR count). The first-order chi connectivity index (χ1) is 25.4. The molecule has 0 fully saturated rings. The first kappa shape index (κ1) is 33.0. The van der Waals surface area contributed by atoms with Crippen LogP contribution in [-0.2, 0) is 16.2 Å². The minimum absolute atomic E-state index is 0.00587. The highest BCUT2D eigenvalue weighted by molar-refractivity contribution is 5.90. The molecule has 1 nitrogen and oxygen atoms in total. The van der Waals surface area contributed by atoms with E-state index in [0.29, 0.717) is 0 Å². The summed E-state index contributed by atoms with van der Waals surface area (Å²) < 4.78 is 0. The van der Waals surface area contributed by atoms with Gasteiger partial charge in [-0.3, -0.25) is 0 Å². The van der Waals surface area contributed by atoms with Crippen molar-refractivity contribution in [1.29, 1.82) is 0 Å². The van der Waals surface area contributed by atoms with Crippen LogP contribution in [0.5, 0.6) is 0 Å². The minimum Gasteiger partial charge on any atom is -0.310 e. The summed E-state index contributed by atoms with van der Waals surface area (Å²) in [6.45, 7) is 14.3. The number of fused-ring (bicyclic) bond motifs is 9. The van der Waals surface area contributed by atoms with Gasteiger partial charge in [-0.1, -0.05) is 133 Å². The van der Waals surface area contributed by atoms with E-state index >= 15 is 0 Å². The van der Waals surface area contributed by atoms with E-state index in [2.05, 4.69) is 174 Å². The third kappa shape index (κ3) is 4.17. The standard InChI is InChI=1S/C51H51N/c1-7-49(8-2)43-22-16-13-19-37(43)40-28-25-34(31-46(40)49)52(35-26-29-41-38-20-14-17-23-44(38)50(9-3,10-4)47(41)32-35)36-27-30-42-39-21-15-18-24-45(39)51(11-5,12-6)48(42)33-36/h13-33H,7-12H2,1-6H3. The number of hydrogen-bond acceptors (Lipinski definition) is 1. The smallest absolute Gasteiger partial charge is 0.0465 e. The van der Waals surface area contributed by atoms with Crippen LogP contribution in [0.2, 0.25) is 0 Å². The number of anilines is 3. The Bertz CT molecular complexity index is 2080. The van der Waals surface area contributed by atoms with Gasteiger partial charge in [-0.15, -0.1) is 0 Å². The van der Waals surface area contributed by atoms with E-state index in [9.17, 15) is 0 Å². The van der Waals surface area contributed by atoms with Crippen molar-refractivity contribution in [3.63, 3.8) is 0 Å². The zero-order chi connectivity index (χ0) is 35.8. The summed E-state index contributed by atoms with van der Waals surface area (Å²) in [5.41, 5.74) is 21.0. The van der Waals surface area contributed by atoms with Gasteiger partial charge in [-0.25, -0.2) is 0 Å². The largest absolute Gasteiger partial charge is 0.310 e. The molecule has 0 N–H and O–H groups in total. The maximum absolute atomic E-state index is 2.58. The van der Waals surface area contributed by atoms with Crippen molar-refractivity contribution in [2.45, 2.75) is 96.3 Å². The van der Waals surface area contributed by atoms with Gasteiger partial charge in [0.05, 0.1) is 0 Å². The monoisotopic (exact) mass is 677 g/mol. The Morgan fingerprint density at radius 1 is 0.308 bits per heavy atom. The van der Waals surface area contributed by atoms with Crippen molar-refractivity contribution in [1.82, 2.24) is 0 Å². The summed E-state index contributed by atoms with van der Waals surface area (Å²) in [6.07, 6.45) is 6.48. The molecular weight excluding hydrogens is 627 g/mol. The molecule has 0 bridgehead atoms. The first-order valence-corrected chi connectivity index (χ1v) is 20.0. The van der Waals surface area contributed by atoms with Gasteiger partial charge in [0.1, 0.15) is 0 Å². The fourth-order valence-electron chi connectivity index (χ4n) is 11.2. The summed E-state index contributed by atoms with van der Waals surface area (Å²) in [5, 5.41) is 0. The maximum atomic E-state index is 2.58. The molecule has 0 aliphatic heterocycles. The predicted molar refractivity (Wildman–Crippen MR) is 222 cm³/mol. The van der Waals surface area contributed by atoms with Crippen LogP contribution in [0, 0.1) is 0 Å². The average molecular weight is 678 g/mol. The van der Waals surface area contributed by atoms with E-state index in [1.54, 1.807) is 0 Å². The van der Waals surface area contributed by atoms with Crippen molar-refractivity contribution in [3.05, 3.63) is 161 Å². The van der Waals surface area contributed by atoms with Crippen LogP contribution in [0.25, 0.3) is 33.4 Å². The van der Waals surface area contributed by atoms with Crippen molar-refractivity contribution in [2.75, 3.05) is 4.90 Å². The van der Waals surface area contributed by atoms with Crippen molar-refractivity contribution >= 4 is 17.1 Å². The molecule has 0 amide bonds. The van der Waals surface area contributed by atoms with Gasteiger partial charge in [-0.2, -0.15) is 0 Å². The minimum atomic E-state index is 0.00587. The molecule has 0 saturated carbocycles. The summed E-state index contributed by atoms with van der Waals surface area (Å²) in [6, 6.07) is 49.5. The lowest BCUT2D eigenvalue weighted by Gasteiger charge is -2.34. The Hall–Kier alpha value is -4.88. The van der Waals surface area contributed by atoms with Crippen LogP contribution in [0.4, 0.5) is 17.1 Å². The summed E-state index contributed by atoms with van der Waals surface area (Å²) >= 11 is 0. The Morgan fingerprint density at radius 2 is 0.558 bits per heavy atom. The molecule has 1 heteroatoms. The fraction of sp³-hybridized carbons (Fsp3) is 0.294. The highest BCUT2D eigenvalue weighted by Gasteiger charge is 2.44. The van der Waals surface area contributed by atoms with E-state index < -0.39 is 0 Å². The van der Waals surface area contributed by atoms with Crippen LogP contribution in [0.15, 0.2) is 127 Å². The molecule has 6 aromatic carbocycles. The Kier molecular flexibility index (Phi) is 7.67. The van der Waals surface area contributed by atoms with E-state index in [-0.39, 0.29) is 16.2 Å². The highest BCUT2D eigenvalue weighted by atomic mass is 15.1. The van der Waals surface area contributed by atoms with Crippen LogP contribution in [-0.4, -0.2) is 0 Å². The number of rotatable bonds is 9. The number of hydrogen-bond donors (Lipinski definition) is 0. The van der Waals surface area contributed by atoms with Gasteiger partial charge in [0.25, 0.3) is 0 Å². The highest BCUT2D eigenvalue weighted by Crippen LogP contribution is 2.58. The summed E-state index contributed by atoms with van der Waals surface area (Å²) in [7, 11) is 0. The molecule has 0 radical (unpaired) electrons. The molecule has 52 heavy (non-hydrogen) atoms. The first-order valence-electron chi connectivity index (χ1n) is 20.0. The number of benzene rings is 6. The van der Waals surface area contributed by atoms with E-state index in [4.69, 9.17) is 0 Å². The molecule has 0 spiro atoms. The second-order valence-electron chi connectivity index (χ2n) is 15.5. The quantitative estimate of drug-likeness (QED) is 0.147. The van der Waals surface area contributed by atoms with Crippen LogP contribution < -0.4 is 4.90 Å². The molecule has 3 aliphatic carbocycles. The fourth-order valence-corrected chi connectivity index (χ4v) is 11.2. The van der Waals surface area contributed by atoms with Gasteiger partial charge in [0.2, 0.25) is 0 Å². The van der Waals surface area contributed by atoms with Gasteiger partial charge in [0, 0.05) is 33.3 Å². The topological polar surface area (TPSA) is 3.24 Å². The SMILES string of the molecule is CCC1(CC)c2ccccc2-c2ccc(N(c3ccc4c(c3)C(CC)(CC)c3ccccc3-4)c3ccc4c(c3)C(CC)(CC)c3ccccc3-4)cc21. The van der Waals surface area contributed by atoms with Crippen LogP contribution in [0.3, 0.4) is 0 Å². The average Bonchev–Trinajstić information content (AvgIpc) is 3.77. The zero-order valence-electron chi connectivity index (χ0n) is 31.8. The third-order valence-electron chi connectivity index (χ3n) is 14.2. The molecule has 0 saturated heterocycles. The van der Waals surface area contributed by atoms with Crippen molar-refractivity contribution in [2.24, 2.45) is 0 Å². The molecule has 3 aliphatic rings. The Morgan fingerprint density at radius 3 is 0.827 bits per heavy atom. The molecule has 6 aromatic rings. The molecule has 0 atom stereocenters. The van der Waals surface area contributed by atoms with Gasteiger partial charge in [-0.05, 0) is 142 Å². The Balaban J connectivity index is 1.29. The molecular formula is C51H51N. The lowest BCUT2D eigenvalue weighted by atomic mass is 9.73. The second kappa shape index (κ2) is 12.1. The van der Waals surface area contributed by atoms with Crippen LogP contribution in [0.1, 0.15) is 113 Å². The van der Waals surface area contributed by atoms with Gasteiger partial charge < -0.3 is 4.90 Å². The molecule has 0 unspecified atom stereocenters. The van der Waals surface area contributed by atoms with Crippen molar-refractivity contribution in [3.8, 4) is 33.4 Å². The van der Waals surface area contributed by atoms with E-state index in [1.165, 1.54) is 83.8 Å². The van der Waals surface area contributed by atoms with E-state index in [1.807, 2.05) is 0 Å². The lowest BCUT2D eigenvalue weighted by molar-refractivity contribution is 0.490. The second-order valence-corrected chi connectivity index (χ2v) is 15.5. The summed E-state index contributed by atoms with van der Waals surface area (Å²) in [4.78, 5) is 2.58.